The molecular weight excluding hydrogens is 413 g/mol. The van der Waals surface area contributed by atoms with E-state index >= 15 is 0 Å². The van der Waals surface area contributed by atoms with E-state index in [9.17, 15) is 14.0 Å². The second kappa shape index (κ2) is 9.85. The Hall–Kier alpha value is -3.03. The van der Waals surface area contributed by atoms with Gasteiger partial charge in [0.05, 0.1) is 4.88 Å². The molecule has 0 spiro atoms. The van der Waals surface area contributed by atoms with Gasteiger partial charge in [0, 0.05) is 24.3 Å². The third-order valence-electron chi connectivity index (χ3n) is 4.86. The number of carbonyl (C=O) groups is 2. The Labute approximate surface area is 185 Å². The first-order valence-corrected chi connectivity index (χ1v) is 10.8. The van der Waals surface area contributed by atoms with Crippen LogP contribution in [-0.2, 0) is 6.54 Å². The molecule has 3 rings (SSSR count). The second-order valence-corrected chi connectivity index (χ2v) is 9.12. The Morgan fingerprint density at radius 1 is 1.10 bits per heavy atom. The van der Waals surface area contributed by atoms with Crippen molar-refractivity contribution in [3.63, 3.8) is 0 Å². The molecular formula is C24H26FN3O2S. The number of thiophene rings is 1. The first-order chi connectivity index (χ1) is 14.8. The summed E-state index contributed by atoms with van der Waals surface area (Å²) in [7, 11) is 0. The van der Waals surface area contributed by atoms with Gasteiger partial charge in [-0.3, -0.25) is 9.59 Å². The van der Waals surface area contributed by atoms with E-state index in [0.29, 0.717) is 35.8 Å². The Bertz CT molecular complexity index is 1030. The average Bonchev–Trinajstić information content (AvgIpc) is 3.29. The van der Waals surface area contributed by atoms with Crippen LogP contribution in [0.2, 0.25) is 0 Å². The molecule has 0 bridgehead atoms. The standard InChI is InChI=1S/C24H26FN3O2S/c1-24(2,15-26)16-28(23(30)18-5-3-6-19(25)13-18)14-17-8-10-20(11-9-17)27-22(29)21-7-4-12-31-21/h3-13H,14-16,26H2,1-2H3,(H,27,29). The fourth-order valence-electron chi connectivity index (χ4n) is 3.10. The van der Waals surface area contributed by atoms with Crippen LogP contribution in [0.25, 0.3) is 0 Å². The molecule has 0 aliphatic carbocycles. The number of carbonyl (C=O) groups excluding carboxylic acids is 2. The normalized spacial score (nSPS) is 11.2. The Balaban J connectivity index is 1.75. The summed E-state index contributed by atoms with van der Waals surface area (Å²) in [6.45, 7) is 5.16. The SMILES string of the molecule is CC(C)(CN)CN(Cc1ccc(NC(=O)c2cccs2)cc1)C(=O)c1cccc(F)c1. The minimum absolute atomic E-state index is 0.157. The molecule has 1 aromatic heterocycles. The van der Waals surface area contributed by atoms with Gasteiger partial charge in [-0.1, -0.05) is 38.1 Å². The highest BCUT2D eigenvalue weighted by molar-refractivity contribution is 7.12. The summed E-state index contributed by atoms with van der Waals surface area (Å²) in [4.78, 5) is 27.6. The molecule has 5 nitrogen and oxygen atoms in total. The Kier molecular flexibility index (Phi) is 7.20. The van der Waals surface area contributed by atoms with Gasteiger partial charge >= 0.3 is 0 Å². The summed E-state index contributed by atoms with van der Waals surface area (Å²) >= 11 is 1.38. The third-order valence-corrected chi connectivity index (χ3v) is 5.73. The molecule has 0 aliphatic heterocycles. The number of rotatable bonds is 8. The molecule has 0 unspecified atom stereocenters. The van der Waals surface area contributed by atoms with E-state index in [1.54, 1.807) is 29.2 Å². The first kappa shape index (κ1) is 22.7. The predicted molar refractivity (Wildman–Crippen MR) is 123 cm³/mol. The van der Waals surface area contributed by atoms with E-state index in [1.165, 1.54) is 29.5 Å². The summed E-state index contributed by atoms with van der Waals surface area (Å²) in [6.07, 6.45) is 0. The lowest BCUT2D eigenvalue weighted by atomic mass is 9.92. The molecule has 2 amide bonds. The van der Waals surface area contributed by atoms with E-state index in [1.807, 2.05) is 37.4 Å². The van der Waals surface area contributed by atoms with Crippen LogP contribution < -0.4 is 11.1 Å². The smallest absolute Gasteiger partial charge is 0.265 e. The van der Waals surface area contributed by atoms with Crippen molar-refractivity contribution >= 4 is 28.8 Å². The maximum absolute atomic E-state index is 13.6. The topological polar surface area (TPSA) is 75.4 Å². The van der Waals surface area contributed by atoms with Gasteiger partial charge in [0.25, 0.3) is 11.8 Å². The molecule has 0 radical (unpaired) electrons. The maximum atomic E-state index is 13.6. The molecule has 162 valence electrons. The zero-order chi connectivity index (χ0) is 22.4. The van der Waals surface area contributed by atoms with Crippen LogP contribution in [0, 0.1) is 11.2 Å². The minimum Gasteiger partial charge on any atom is -0.334 e. The van der Waals surface area contributed by atoms with Crippen molar-refractivity contribution in [1.82, 2.24) is 4.90 Å². The van der Waals surface area contributed by atoms with Crippen molar-refractivity contribution in [2.75, 3.05) is 18.4 Å². The predicted octanol–water partition coefficient (Wildman–Crippen LogP) is 4.77. The summed E-state index contributed by atoms with van der Waals surface area (Å²) in [5, 5.41) is 4.71. The third kappa shape index (κ3) is 6.23. The van der Waals surface area contributed by atoms with E-state index < -0.39 is 5.82 Å². The maximum Gasteiger partial charge on any atom is 0.265 e. The van der Waals surface area contributed by atoms with Crippen LogP contribution >= 0.6 is 11.3 Å². The summed E-state index contributed by atoms with van der Waals surface area (Å²) < 4.78 is 13.6. The van der Waals surface area contributed by atoms with Crippen molar-refractivity contribution in [1.29, 1.82) is 0 Å². The number of anilines is 1. The number of hydrogen-bond donors (Lipinski definition) is 2. The quantitative estimate of drug-likeness (QED) is 0.531. The number of amides is 2. The lowest BCUT2D eigenvalue weighted by Crippen LogP contribution is -2.41. The van der Waals surface area contributed by atoms with Crippen LogP contribution in [0.1, 0.15) is 39.4 Å². The molecule has 31 heavy (non-hydrogen) atoms. The Morgan fingerprint density at radius 3 is 2.45 bits per heavy atom. The van der Waals surface area contributed by atoms with Gasteiger partial charge < -0.3 is 16.0 Å². The van der Waals surface area contributed by atoms with Gasteiger partial charge in [-0.25, -0.2) is 4.39 Å². The van der Waals surface area contributed by atoms with Gasteiger partial charge in [-0.15, -0.1) is 11.3 Å². The number of nitrogens with one attached hydrogen (secondary N) is 1. The first-order valence-electron chi connectivity index (χ1n) is 9.96. The van der Waals surface area contributed by atoms with Crippen molar-refractivity contribution in [3.05, 3.63) is 87.9 Å². The second-order valence-electron chi connectivity index (χ2n) is 8.17. The highest BCUT2D eigenvalue weighted by atomic mass is 32.1. The van der Waals surface area contributed by atoms with Crippen molar-refractivity contribution < 1.29 is 14.0 Å². The number of benzene rings is 2. The average molecular weight is 440 g/mol. The number of halogens is 1. The zero-order valence-electron chi connectivity index (χ0n) is 17.6. The van der Waals surface area contributed by atoms with Crippen LogP contribution in [0.15, 0.2) is 66.0 Å². The molecule has 3 N–H and O–H groups in total. The van der Waals surface area contributed by atoms with E-state index in [0.717, 1.165) is 5.56 Å². The van der Waals surface area contributed by atoms with E-state index in [2.05, 4.69) is 5.32 Å². The van der Waals surface area contributed by atoms with Crippen LogP contribution in [0.3, 0.4) is 0 Å². The monoisotopic (exact) mass is 439 g/mol. The number of nitrogens with two attached hydrogens (primary N) is 1. The summed E-state index contributed by atoms with van der Waals surface area (Å²) in [5.74, 6) is -0.860. The van der Waals surface area contributed by atoms with Crippen LogP contribution in [0.4, 0.5) is 10.1 Å². The number of hydrogen-bond acceptors (Lipinski definition) is 4. The van der Waals surface area contributed by atoms with Crippen molar-refractivity contribution in [3.8, 4) is 0 Å². The molecule has 7 heteroatoms. The lowest BCUT2D eigenvalue weighted by Gasteiger charge is -2.32. The van der Waals surface area contributed by atoms with E-state index in [4.69, 9.17) is 5.73 Å². The molecule has 0 fully saturated rings. The Morgan fingerprint density at radius 2 is 1.84 bits per heavy atom. The molecule has 0 atom stereocenters. The van der Waals surface area contributed by atoms with Gasteiger partial charge in [0.15, 0.2) is 0 Å². The van der Waals surface area contributed by atoms with E-state index in [-0.39, 0.29) is 17.2 Å². The number of nitrogens with zero attached hydrogens (tertiary/aromatic N) is 1. The van der Waals surface area contributed by atoms with Crippen LogP contribution in [-0.4, -0.2) is 29.8 Å². The molecule has 1 heterocycles. The van der Waals surface area contributed by atoms with Crippen LogP contribution in [0.5, 0.6) is 0 Å². The molecule has 3 aromatic rings. The lowest BCUT2D eigenvalue weighted by molar-refractivity contribution is 0.0672. The van der Waals surface area contributed by atoms with Crippen molar-refractivity contribution in [2.24, 2.45) is 11.1 Å². The minimum atomic E-state index is -0.449. The molecule has 0 aliphatic rings. The zero-order valence-corrected chi connectivity index (χ0v) is 18.4. The highest BCUT2D eigenvalue weighted by Gasteiger charge is 2.25. The fraction of sp³-hybridized carbons (Fsp3) is 0.250. The summed E-state index contributed by atoms with van der Waals surface area (Å²) in [5.41, 5.74) is 7.45. The van der Waals surface area contributed by atoms with Gasteiger partial charge in [-0.05, 0) is 59.3 Å². The molecule has 0 saturated heterocycles. The van der Waals surface area contributed by atoms with Gasteiger partial charge in [0.1, 0.15) is 5.82 Å². The summed E-state index contributed by atoms with van der Waals surface area (Å²) in [6, 6.07) is 16.6. The largest absolute Gasteiger partial charge is 0.334 e. The van der Waals surface area contributed by atoms with Gasteiger partial charge in [-0.2, -0.15) is 0 Å². The molecule has 0 saturated carbocycles. The van der Waals surface area contributed by atoms with Crippen molar-refractivity contribution in [2.45, 2.75) is 20.4 Å². The fourth-order valence-corrected chi connectivity index (χ4v) is 3.72. The molecule has 2 aromatic carbocycles. The highest BCUT2D eigenvalue weighted by Crippen LogP contribution is 2.21. The van der Waals surface area contributed by atoms with Gasteiger partial charge in [0.2, 0.25) is 0 Å².